The van der Waals surface area contributed by atoms with Gasteiger partial charge in [-0.1, -0.05) is 35.9 Å². The molecule has 0 fully saturated rings. The van der Waals surface area contributed by atoms with Gasteiger partial charge in [-0.15, -0.1) is 24.0 Å². The Bertz CT molecular complexity index is 1010. The van der Waals surface area contributed by atoms with Crippen LogP contribution in [0.5, 0.6) is 5.75 Å². The maximum Gasteiger partial charge on any atom is 0.236 e. The first-order chi connectivity index (χ1) is 14.4. The lowest BCUT2D eigenvalue weighted by molar-refractivity contribution is 0.409. The summed E-state index contributed by atoms with van der Waals surface area (Å²) in [4.78, 5) is 4.19. The van der Waals surface area contributed by atoms with Crippen molar-refractivity contribution in [2.75, 3.05) is 43.8 Å². The summed E-state index contributed by atoms with van der Waals surface area (Å²) in [5.41, 5.74) is 4.18. The number of hydrogen-bond acceptors (Lipinski definition) is 4. The van der Waals surface area contributed by atoms with Gasteiger partial charge in [0.25, 0.3) is 0 Å². The van der Waals surface area contributed by atoms with E-state index in [0.29, 0.717) is 19.0 Å². The molecule has 0 aliphatic carbocycles. The third-order valence-corrected chi connectivity index (χ3v) is 6.95. The SMILES string of the molecule is CN=C(NCCc1cc(C)ccc1OC)NCCS(=O)(=O)N1CCc2ccccc21.I. The highest BCUT2D eigenvalue weighted by molar-refractivity contribution is 14.0. The summed E-state index contributed by atoms with van der Waals surface area (Å²) in [6.45, 7) is 3.50. The van der Waals surface area contributed by atoms with E-state index in [-0.39, 0.29) is 36.3 Å². The molecule has 0 atom stereocenters. The van der Waals surface area contributed by atoms with Crippen molar-refractivity contribution >= 4 is 45.6 Å². The minimum Gasteiger partial charge on any atom is -0.496 e. The fraction of sp³-hybridized carbons (Fsp3) is 0.409. The van der Waals surface area contributed by atoms with Crippen LogP contribution < -0.4 is 19.7 Å². The monoisotopic (exact) mass is 558 g/mol. The average molecular weight is 558 g/mol. The van der Waals surface area contributed by atoms with Crippen LogP contribution >= 0.6 is 24.0 Å². The van der Waals surface area contributed by atoms with E-state index in [2.05, 4.69) is 28.6 Å². The van der Waals surface area contributed by atoms with Gasteiger partial charge in [0.2, 0.25) is 10.0 Å². The quantitative estimate of drug-likeness (QED) is 0.296. The van der Waals surface area contributed by atoms with Crippen molar-refractivity contribution in [3.63, 3.8) is 0 Å². The first-order valence-corrected chi connectivity index (χ1v) is 11.7. The number of methoxy groups -OCH3 is 1. The summed E-state index contributed by atoms with van der Waals surface area (Å²) >= 11 is 0. The van der Waals surface area contributed by atoms with E-state index in [1.54, 1.807) is 14.2 Å². The number of nitrogens with zero attached hydrogens (tertiary/aromatic N) is 2. The van der Waals surface area contributed by atoms with Crippen LogP contribution in [-0.4, -0.2) is 53.9 Å². The normalized spacial score (nSPS) is 13.4. The van der Waals surface area contributed by atoms with Crippen LogP contribution in [0.25, 0.3) is 0 Å². The van der Waals surface area contributed by atoms with Gasteiger partial charge in [-0.2, -0.15) is 0 Å². The van der Waals surface area contributed by atoms with E-state index in [1.165, 1.54) is 9.87 Å². The molecule has 7 nitrogen and oxygen atoms in total. The number of aryl methyl sites for hydroxylation is 1. The molecule has 0 amide bonds. The van der Waals surface area contributed by atoms with Crippen LogP contribution in [0.2, 0.25) is 0 Å². The molecular weight excluding hydrogens is 527 g/mol. The summed E-state index contributed by atoms with van der Waals surface area (Å²) < 4.78 is 32.5. The Morgan fingerprint density at radius 1 is 1.16 bits per heavy atom. The molecule has 2 aromatic rings. The van der Waals surface area contributed by atoms with E-state index in [0.717, 1.165) is 35.4 Å². The van der Waals surface area contributed by atoms with Crippen molar-refractivity contribution in [2.45, 2.75) is 19.8 Å². The molecule has 1 aliphatic heterocycles. The Morgan fingerprint density at radius 3 is 2.65 bits per heavy atom. The second kappa shape index (κ2) is 11.6. The fourth-order valence-corrected chi connectivity index (χ4v) is 5.07. The molecule has 0 saturated carbocycles. The number of sulfonamides is 1. The standard InChI is InChI=1S/C22H30N4O3S.HI/c1-17-8-9-21(29-3)19(16-17)10-12-24-22(23-2)25-13-15-30(27,28)26-14-11-18-6-4-5-7-20(18)26;/h4-9,16H,10-15H2,1-3H3,(H2,23,24,25);1H. The molecule has 31 heavy (non-hydrogen) atoms. The van der Waals surface area contributed by atoms with Gasteiger partial charge in [-0.3, -0.25) is 9.30 Å². The van der Waals surface area contributed by atoms with E-state index >= 15 is 0 Å². The number of fused-ring (bicyclic) bond motifs is 1. The third-order valence-electron chi connectivity index (χ3n) is 5.18. The number of halogens is 1. The predicted molar refractivity (Wildman–Crippen MR) is 137 cm³/mol. The first-order valence-electron chi connectivity index (χ1n) is 10.1. The highest BCUT2D eigenvalue weighted by Gasteiger charge is 2.28. The van der Waals surface area contributed by atoms with Gasteiger partial charge in [0.15, 0.2) is 5.96 Å². The number of nitrogens with one attached hydrogen (secondary N) is 2. The smallest absolute Gasteiger partial charge is 0.236 e. The van der Waals surface area contributed by atoms with E-state index < -0.39 is 10.0 Å². The molecule has 2 aromatic carbocycles. The summed E-state index contributed by atoms with van der Waals surface area (Å²) in [6, 6.07) is 13.8. The topological polar surface area (TPSA) is 83.0 Å². The zero-order valence-corrected chi connectivity index (χ0v) is 21.4. The molecule has 2 N–H and O–H groups in total. The summed E-state index contributed by atoms with van der Waals surface area (Å²) in [5, 5.41) is 6.34. The van der Waals surface area contributed by atoms with Gasteiger partial charge in [0, 0.05) is 26.7 Å². The van der Waals surface area contributed by atoms with Crippen LogP contribution in [0.4, 0.5) is 5.69 Å². The van der Waals surface area contributed by atoms with Crippen molar-refractivity contribution in [2.24, 2.45) is 4.99 Å². The van der Waals surface area contributed by atoms with Gasteiger partial charge < -0.3 is 15.4 Å². The number of para-hydroxylation sites is 1. The number of hydrogen-bond donors (Lipinski definition) is 2. The van der Waals surface area contributed by atoms with Gasteiger partial charge in [0.05, 0.1) is 18.6 Å². The molecular formula is C22H31IN4O3S. The van der Waals surface area contributed by atoms with E-state index in [9.17, 15) is 8.42 Å². The van der Waals surface area contributed by atoms with Crippen molar-refractivity contribution in [1.82, 2.24) is 10.6 Å². The van der Waals surface area contributed by atoms with Crippen LogP contribution in [0.1, 0.15) is 16.7 Å². The molecule has 1 heterocycles. The summed E-state index contributed by atoms with van der Waals surface area (Å²) in [7, 11) is -0.0407. The van der Waals surface area contributed by atoms with Gasteiger partial charge >= 0.3 is 0 Å². The molecule has 0 aromatic heterocycles. The lowest BCUT2D eigenvalue weighted by atomic mass is 10.1. The summed E-state index contributed by atoms with van der Waals surface area (Å²) in [5.74, 6) is 1.45. The molecule has 0 unspecified atom stereocenters. The number of rotatable bonds is 8. The van der Waals surface area contributed by atoms with E-state index in [4.69, 9.17) is 4.74 Å². The molecule has 9 heteroatoms. The molecule has 1 aliphatic rings. The Balaban J connectivity index is 0.00000341. The van der Waals surface area contributed by atoms with Gasteiger partial charge in [-0.25, -0.2) is 8.42 Å². The Kier molecular flexibility index (Phi) is 9.42. The lowest BCUT2D eigenvalue weighted by Gasteiger charge is -2.20. The Labute approximate surface area is 202 Å². The second-order valence-electron chi connectivity index (χ2n) is 7.26. The number of ether oxygens (including phenoxy) is 1. The summed E-state index contributed by atoms with van der Waals surface area (Å²) in [6.07, 6.45) is 1.53. The van der Waals surface area contributed by atoms with Crippen molar-refractivity contribution in [3.05, 3.63) is 59.2 Å². The zero-order chi connectivity index (χ0) is 21.6. The van der Waals surface area contributed by atoms with Crippen LogP contribution in [0.3, 0.4) is 0 Å². The van der Waals surface area contributed by atoms with Gasteiger partial charge in [0.1, 0.15) is 5.75 Å². The molecule has 0 saturated heterocycles. The predicted octanol–water partition coefficient (Wildman–Crippen LogP) is 2.72. The highest BCUT2D eigenvalue weighted by atomic mass is 127. The second-order valence-corrected chi connectivity index (χ2v) is 9.27. The van der Waals surface area contributed by atoms with Crippen LogP contribution in [-0.2, 0) is 22.9 Å². The Hall–Kier alpha value is -2.01. The van der Waals surface area contributed by atoms with Crippen LogP contribution in [0, 0.1) is 6.92 Å². The molecule has 3 rings (SSSR count). The molecule has 0 bridgehead atoms. The van der Waals surface area contributed by atoms with Crippen molar-refractivity contribution in [1.29, 1.82) is 0 Å². The highest BCUT2D eigenvalue weighted by Crippen LogP contribution is 2.29. The molecule has 0 radical (unpaired) electrons. The number of guanidine groups is 1. The maximum atomic E-state index is 12.8. The number of benzene rings is 2. The Morgan fingerprint density at radius 2 is 1.90 bits per heavy atom. The number of anilines is 1. The van der Waals surface area contributed by atoms with Crippen LogP contribution in [0.15, 0.2) is 47.5 Å². The van der Waals surface area contributed by atoms with E-state index in [1.807, 2.05) is 36.4 Å². The molecule has 170 valence electrons. The number of aliphatic imine (C=N–C) groups is 1. The largest absolute Gasteiger partial charge is 0.496 e. The minimum atomic E-state index is -3.38. The van der Waals surface area contributed by atoms with Crippen molar-refractivity contribution in [3.8, 4) is 5.75 Å². The third kappa shape index (κ3) is 6.49. The average Bonchev–Trinajstić information content (AvgIpc) is 3.18. The maximum absolute atomic E-state index is 12.8. The van der Waals surface area contributed by atoms with Crippen molar-refractivity contribution < 1.29 is 13.2 Å². The van der Waals surface area contributed by atoms with Gasteiger partial charge in [-0.05, 0) is 43.0 Å². The zero-order valence-electron chi connectivity index (χ0n) is 18.2. The lowest BCUT2D eigenvalue weighted by Crippen LogP contribution is -2.42. The minimum absolute atomic E-state index is 0. The first kappa shape index (κ1) is 25.3. The fourth-order valence-electron chi connectivity index (χ4n) is 3.64. The molecule has 0 spiro atoms.